The molecule has 1 N–H and O–H groups in total. The van der Waals surface area contributed by atoms with Crippen LogP contribution in [0.15, 0.2) is 47.0 Å². The fraction of sp³-hybridized carbons (Fsp3) is 0.235. The number of methoxy groups -OCH3 is 1. The smallest absolute Gasteiger partial charge is 0.137 e. The van der Waals surface area contributed by atoms with E-state index >= 15 is 0 Å². The molecular formula is C17H17NO3. The Balaban J connectivity index is 1.91. The van der Waals surface area contributed by atoms with Gasteiger partial charge in [-0.15, -0.1) is 0 Å². The molecule has 0 spiro atoms. The number of fused-ring (bicyclic) bond motifs is 1. The Labute approximate surface area is 123 Å². The number of aryl methyl sites for hydroxylation is 1. The number of aromatic nitrogens is 1. The van der Waals surface area contributed by atoms with E-state index in [1.165, 1.54) is 0 Å². The Bertz CT molecular complexity index is 749. The van der Waals surface area contributed by atoms with Gasteiger partial charge in [-0.1, -0.05) is 23.4 Å². The Kier molecular flexibility index (Phi) is 3.88. The normalized spacial score (nSPS) is 11.0. The molecule has 0 aliphatic rings. The van der Waals surface area contributed by atoms with Gasteiger partial charge in [-0.05, 0) is 35.4 Å². The Morgan fingerprint density at radius 1 is 1.10 bits per heavy atom. The van der Waals surface area contributed by atoms with Gasteiger partial charge in [-0.25, -0.2) is 0 Å². The van der Waals surface area contributed by atoms with E-state index in [-0.39, 0.29) is 6.61 Å². The molecular weight excluding hydrogens is 266 g/mol. The zero-order chi connectivity index (χ0) is 14.7. The van der Waals surface area contributed by atoms with Crippen LogP contribution in [0.25, 0.3) is 22.0 Å². The van der Waals surface area contributed by atoms with Crippen LogP contribution in [0.2, 0.25) is 0 Å². The minimum atomic E-state index is 0.161. The Hall–Kier alpha value is -2.33. The van der Waals surface area contributed by atoms with Gasteiger partial charge in [0.25, 0.3) is 0 Å². The van der Waals surface area contributed by atoms with Crippen LogP contribution in [-0.4, -0.2) is 24.0 Å². The summed E-state index contributed by atoms with van der Waals surface area (Å²) in [6, 6.07) is 14.1. The molecule has 0 saturated heterocycles. The lowest BCUT2D eigenvalue weighted by Gasteiger charge is -2.03. The summed E-state index contributed by atoms with van der Waals surface area (Å²) in [4.78, 5) is 0. The summed E-state index contributed by atoms with van der Waals surface area (Å²) < 4.78 is 10.5. The molecule has 3 rings (SSSR count). The van der Waals surface area contributed by atoms with Crippen molar-refractivity contribution in [3.63, 3.8) is 0 Å². The Morgan fingerprint density at radius 2 is 1.90 bits per heavy atom. The fourth-order valence-corrected chi connectivity index (χ4v) is 2.33. The van der Waals surface area contributed by atoms with Crippen LogP contribution < -0.4 is 4.74 Å². The van der Waals surface area contributed by atoms with Gasteiger partial charge in [-0.2, -0.15) is 0 Å². The number of rotatable bonds is 5. The molecule has 1 heterocycles. The van der Waals surface area contributed by atoms with Crippen LogP contribution in [-0.2, 0) is 6.42 Å². The van der Waals surface area contributed by atoms with Gasteiger partial charge in [0, 0.05) is 24.7 Å². The molecule has 0 radical (unpaired) electrons. The molecule has 108 valence electrons. The maximum atomic E-state index is 8.84. The largest absolute Gasteiger partial charge is 0.497 e. The third kappa shape index (κ3) is 2.90. The first-order valence-electron chi connectivity index (χ1n) is 6.95. The van der Waals surface area contributed by atoms with Gasteiger partial charge in [0.1, 0.15) is 17.2 Å². The van der Waals surface area contributed by atoms with E-state index in [0.717, 1.165) is 33.5 Å². The van der Waals surface area contributed by atoms with E-state index in [1.54, 1.807) is 7.11 Å². The van der Waals surface area contributed by atoms with Gasteiger partial charge >= 0.3 is 0 Å². The summed E-state index contributed by atoms with van der Waals surface area (Å²) in [5, 5.41) is 15.2. The monoisotopic (exact) mass is 283 g/mol. The molecule has 0 fully saturated rings. The van der Waals surface area contributed by atoms with Crippen molar-refractivity contribution in [2.45, 2.75) is 12.8 Å². The predicted octanol–water partition coefficient (Wildman–Crippen LogP) is 3.43. The minimum absolute atomic E-state index is 0.161. The lowest BCUT2D eigenvalue weighted by atomic mass is 10.0. The highest BCUT2D eigenvalue weighted by Crippen LogP contribution is 2.27. The molecule has 4 heteroatoms. The standard InChI is InChI=1S/C17H17NO3/c1-20-15-7-6-12-9-14(5-4-13(12)10-15)17-11-16(21-18-17)3-2-8-19/h4-7,9-11,19H,2-3,8H2,1H3. The Morgan fingerprint density at radius 3 is 2.71 bits per heavy atom. The summed E-state index contributed by atoms with van der Waals surface area (Å²) in [6.07, 6.45) is 1.39. The molecule has 4 nitrogen and oxygen atoms in total. The van der Waals surface area contributed by atoms with Crippen molar-refractivity contribution in [3.8, 4) is 17.0 Å². The van der Waals surface area contributed by atoms with Crippen molar-refractivity contribution in [3.05, 3.63) is 48.2 Å². The summed E-state index contributed by atoms with van der Waals surface area (Å²) in [5.41, 5.74) is 1.84. The number of hydrogen-bond acceptors (Lipinski definition) is 4. The average Bonchev–Trinajstić information content (AvgIpc) is 3.00. The maximum absolute atomic E-state index is 8.84. The fourth-order valence-electron chi connectivity index (χ4n) is 2.33. The van der Waals surface area contributed by atoms with E-state index < -0.39 is 0 Å². The second-order valence-electron chi connectivity index (χ2n) is 4.93. The molecule has 0 amide bonds. The number of ether oxygens (including phenoxy) is 1. The van der Waals surface area contributed by atoms with Crippen LogP contribution in [0.4, 0.5) is 0 Å². The van der Waals surface area contributed by atoms with Crippen molar-refractivity contribution in [2.24, 2.45) is 0 Å². The highest BCUT2D eigenvalue weighted by molar-refractivity contribution is 5.87. The van der Waals surface area contributed by atoms with Gasteiger partial charge in [0.15, 0.2) is 0 Å². The zero-order valence-corrected chi connectivity index (χ0v) is 11.9. The minimum Gasteiger partial charge on any atom is -0.497 e. The van der Waals surface area contributed by atoms with Crippen molar-refractivity contribution in [1.29, 1.82) is 0 Å². The van der Waals surface area contributed by atoms with E-state index in [4.69, 9.17) is 14.4 Å². The van der Waals surface area contributed by atoms with Crippen LogP contribution in [0.5, 0.6) is 5.75 Å². The number of aliphatic hydroxyl groups is 1. The van der Waals surface area contributed by atoms with Crippen molar-refractivity contribution >= 4 is 10.8 Å². The third-order valence-corrected chi connectivity index (χ3v) is 3.48. The van der Waals surface area contributed by atoms with Crippen molar-refractivity contribution in [1.82, 2.24) is 5.16 Å². The van der Waals surface area contributed by atoms with Crippen molar-refractivity contribution in [2.75, 3.05) is 13.7 Å². The summed E-state index contributed by atoms with van der Waals surface area (Å²) >= 11 is 0. The molecule has 21 heavy (non-hydrogen) atoms. The predicted molar refractivity (Wildman–Crippen MR) is 81.4 cm³/mol. The second-order valence-corrected chi connectivity index (χ2v) is 4.93. The summed E-state index contributed by atoms with van der Waals surface area (Å²) in [6.45, 7) is 0.161. The molecule has 0 aliphatic heterocycles. The first kappa shape index (κ1) is 13.6. The van der Waals surface area contributed by atoms with Gasteiger partial charge in [-0.3, -0.25) is 0 Å². The van der Waals surface area contributed by atoms with Crippen LogP contribution in [0.3, 0.4) is 0 Å². The average molecular weight is 283 g/mol. The van der Waals surface area contributed by atoms with E-state index in [0.29, 0.717) is 12.8 Å². The third-order valence-electron chi connectivity index (χ3n) is 3.48. The summed E-state index contributed by atoms with van der Waals surface area (Å²) in [7, 11) is 1.67. The van der Waals surface area contributed by atoms with Gasteiger partial charge in [0.05, 0.1) is 7.11 Å². The molecule has 0 atom stereocenters. The molecule has 2 aromatic carbocycles. The second kappa shape index (κ2) is 5.97. The molecule has 0 bridgehead atoms. The molecule has 0 aliphatic carbocycles. The van der Waals surface area contributed by atoms with Crippen LogP contribution in [0, 0.1) is 0 Å². The van der Waals surface area contributed by atoms with Crippen LogP contribution in [0.1, 0.15) is 12.2 Å². The first-order valence-corrected chi connectivity index (χ1v) is 6.95. The zero-order valence-electron chi connectivity index (χ0n) is 11.9. The number of nitrogens with zero attached hydrogens (tertiary/aromatic N) is 1. The lowest BCUT2D eigenvalue weighted by Crippen LogP contribution is -1.86. The number of aliphatic hydroxyl groups excluding tert-OH is 1. The lowest BCUT2D eigenvalue weighted by molar-refractivity contribution is 0.280. The van der Waals surface area contributed by atoms with Gasteiger partial charge in [0.2, 0.25) is 0 Å². The topological polar surface area (TPSA) is 55.5 Å². The summed E-state index contributed by atoms with van der Waals surface area (Å²) in [5.74, 6) is 1.65. The SMILES string of the molecule is COc1ccc2cc(-c3cc(CCCO)on3)ccc2c1. The first-order chi connectivity index (χ1) is 10.3. The molecule has 3 aromatic rings. The quantitative estimate of drug-likeness (QED) is 0.779. The maximum Gasteiger partial charge on any atom is 0.137 e. The highest BCUT2D eigenvalue weighted by atomic mass is 16.5. The highest BCUT2D eigenvalue weighted by Gasteiger charge is 2.07. The van der Waals surface area contributed by atoms with Crippen LogP contribution >= 0.6 is 0 Å². The van der Waals surface area contributed by atoms with E-state index in [9.17, 15) is 0 Å². The van der Waals surface area contributed by atoms with Gasteiger partial charge < -0.3 is 14.4 Å². The molecule has 1 aromatic heterocycles. The van der Waals surface area contributed by atoms with Crippen molar-refractivity contribution < 1.29 is 14.4 Å². The van der Waals surface area contributed by atoms with E-state index in [1.807, 2.05) is 30.3 Å². The molecule has 0 unspecified atom stereocenters. The van der Waals surface area contributed by atoms with E-state index in [2.05, 4.69) is 17.3 Å². The molecule has 0 saturated carbocycles. The number of hydrogen-bond donors (Lipinski definition) is 1. The number of benzene rings is 2.